The first kappa shape index (κ1) is 41.6. The van der Waals surface area contributed by atoms with Crippen molar-refractivity contribution in [3.05, 3.63) is 119 Å². The average molecular weight is 790 g/mol. The van der Waals surface area contributed by atoms with E-state index >= 15 is 0 Å². The molecule has 0 aliphatic rings. The van der Waals surface area contributed by atoms with Gasteiger partial charge in [-0.2, -0.15) is 0 Å². The van der Waals surface area contributed by atoms with E-state index < -0.39 is 11.6 Å². The van der Waals surface area contributed by atoms with Gasteiger partial charge in [0.05, 0.1) is 52.3 Å². The topological polar surface area (TPSA) is 123 Å². The molecule has 0 amide bonds. The summed E-state index contributed by atoms with van der Waals surface area (Å²) in [5.41, 5.74) is 1.04. The first-order chi connectivity index (χ1) is 28.4. The molecule has 0 saturated carbocycles. The summed E-state index contributed by atoms with van der Waals surface area (Å²) in [5.74, 6) is 1.10. The van der Waals surface area contributed by atoms with Crippen molar-refractivity contribution in [3.63, 3.8) is 0 Å². The Balaban J connectivity index is 0.969. The molecule has 0 radical (unpaired) electrons. The fourth-order valence-corrected chi connectivity index (χ4v) is 7.12. The Hall–Kier alpha value is -6.07. The van der Waals surface area contributed by atoms with Crippen molar-refractivity contribution < 1.29 is 42.4 Å². The molecule has 0 aliphatic heterocycles. The molecule has 11 nitrogen and oxygen atoms in total. The third-order valence-electron chi connectivity index (χ3n) is 10.1. The Labute approximate surface area is 338 Å². The smallest absolute Gasteiger partial charge is 0.339 e. The molecule has 0 atom stereocenters. The molecule has 11 heteroatoms. The number of benzene rings is 5. The molecule has 5 aromatic carbocycles. The highest BCUT2D eigenvalue weighted by Crippen LogP contribution is 2.38. The van der Waals surface area contributed by atoms with E-state index in [-0.39, 0.29) is 5.97 Å². The minimum Gasteiger partial charge on any atom is -0.493 e. The summed E-state index contributed by atoms with van der Waals surface area (Å²) in [6, 6.07) is 29.7. The monoisotopic (exact) mass is 789 g/mol. The summed E-state index contributed by atoms with van der Waals surface area (Å²) in [7, 11) is 4.52. The summed E-state index contributed by atoms with van der Waals surface area (Å²) in [6.07, 6.45) is 6.20. The van der Waals surface area contributed by atoms with Gasteiger partial charge in [0.15, 0.2) is 11.5 Å². The van der Waals surface area contributed by atoms with Gasteiger partial charge in [0.1, 0.15) is 11.3 Å². The zero-order chi connectivity index (χ0) is 40.7. The van der Waals surface area contributed by atoms with E-state index in [0.717, 1.165) is 85.1 Å². The molecule has 6 aromatic rings. The molecule has 0 unspecified atom stereocenters. The summed E-state index contributed by atoms with van der Waals surface area (Å²) in [4.78, 5) is 40.4. The van der Waals surface area contributed by atoms with Gasteiger partial charge in [0.25, 0.3) is 0 Å². The molecule has 0 aliphatic carbocycles. The lowest BCUT2D eigenvalue weighted by molar-refractivity contribution is 0.0486. The number of carbonyl (C=O) groups excluding carboxylic acids is 2. The molecule has 0 fully saturated rings. The van der Waals surface area contributed by atoms with Crippen molar-refractivity contribution in [2.24, 2.45) is 0 Å². The van der Waals surface area contributed by atoms with Crippen LogP contribution in [0.5, 0.6) is 23.0 Å². The van der Waals surface area contributed by atoms with Crippen molar-refractivity contribution in [1.29, 1.82) is 0 Å². The number of methoxy groups -OCH3 is 3. The van der Waals surface area contributed by atoms with Crippen molar-refractivity contribution >= 4 is 44.5 Å². The van der Waals surface area contributed by atoms with Crippen LogP contribution in [0.3, 0.4) is 0 Å². The summed E-state index contributed by atoms with van der Waals surface area (Å²) >= 11 is 0. The zero-order valence-corrected chi connectivity index (χ0v) is 33.5. The third kappa shape index (κ3) is 10.9. The van der Waals surface area contributed by atoms with Gasteiger partial charge < -0.3 is 37.7 Å². The highest BCUT2D eigenvalue weighted by molar-refractivity contribution is 6.16. The molecule has 304 valence electrons. The lowest BCUT2D eigenvalue weighted by Crippen LogP contribution is -2.29. The van der Waals surface area contributed by atoms with Crippen LogP contribution in [0, 0.1) is 0 Å². The van der Waals surface area contributed by atoms with Crippen LogP contribution in [0.15, 0.2) is 106 Å². The van der Waals surface area contributed by atoms with Crippen molar-refractivity contribution in [2.45, 2.75) is 44.9 Å². The van der Waals surface area contributed by atoms with Gasteiger partial charge in [-0.3, -0.25) is 0 Å². The lowest BCUT2D eigenvalue weighted by Gasteiger charge is -2.22. The van der Waals surface area contributed by atoms with E-state index in [1.165, 1.54) is 27.4 Å². The maximum atomic E-state index is 13.5. The Morgan fingerprint density at radius 2 is 1.16 bits per heavy atom. The summed E-state index contributed by atoms with van der Waals surface area (Å²) in [6.45, 7) is 3.58. The van der Waals surface area contributed by atoms with Gasteiger partial charge in [-0.1, -0.05) is 67.8 Å². The molecular formula is C47H51NO10. The fourth-order valence-electron chi connectivity index (χ4n) is 7.12. The molecule has 1 heterocycles. The Bertz CT molecular complexity index is 2290. The Kier molecular flexibility index (Phi) is 15.0. The predicted molar refractivity (Wildman–Crippen MR) is 225 cm³/mol. The number of unbranched alkanes of at least 4 members (excludes halogenated alkanes) is 4. The van der Waals surface area contributed by atoms with Gasteiger partial charge in [-0.05, 0) is 90.2 Å². The number of ether oxygens (including phenoxy) is 6. The Morgan fingerprint density at radius 3 is 1.84 bits per heavy atom. The van der Waals surface area contributed by atoms with Gasteiger partial charge in [0, 0.05) is 30.6 Å². The maximum Gasteiger partial charge on any atom is 0.339 e. The van der Waals surface area contributed by atoms with Crippen molar-refractivity contribution in [1.82, 2.24) is 4.90 Å². The quantitative estimate of drug-likeness (QED) is 0.0283. The standard InChI is InChI=1S/C47H51NO10/c1-52-41-30-36(31-42(53-2)45(41)54-3)46(50)56-26-12-6-4-5-11-23-48(24-13-27-55-37-21-19-33-20-22-43(49)58-40(33)32-37)25-14-28-57-47(51)44-38-17-9-7-15-34(38)29-35-16-8-10-18-39(35)44/h7-10,15-22,29-32H,4-6,11-14,23-28H2,1-3H3. The number of hydrogen-bond acceptors (Lipinski definition) is 11. The van der Waals surface area contributed by atoms with Gasteiger partial charge >= 0.3 is 17.6 Å². The van der Waals surface area contributed by atoms with Crippen molar-refractivity contribution in [3.8, 4) is 23.0 Å². The molecule has 0 saturated heterocycles. The first-order valence-corrected chi connectivity index (χ1v) is 19.8. The lowest BCUT2D eigenvalue weighted by atomic mass is 9.97. The fraction of sp³-hybridized carbons (Fsp3) is 0.340. The molecule has 0 spiro atoms. The zero-order valence-electron chi connectivity index (χ0n) is 33.5. The Morgan fingerprint density at radius 1 is 0.569 bits per heavy atom. The number of fused-ring (bicyclic) bond motifs is 3. The largest absolute Gasteiger partial charge is 0.493 e. The van der Waals surface area contributed by atoms with E-state index in [9.17, 15) is 14.4 Å². The SMILES string of the molecule is COc1cc(C(=O)OCCCCCCCN(CCCOC(=O)c2c3ccccc3cc3ccccc23)CCCOc2ccc3ccc(=O)oc3c2)cc(OC)c1OC. The van der Waals surface area contributed by atoms with Crippen LogP contribution in [0.4, 0.5) is 0 Å². The molecule has 1 aromatic heterocycles. The second kappa shape index (κ2) is 20.9. The van der Waals surface area contributed by atoms with Crippen LogP contribution in [0.2, 0.25) is 0 Å². The number of nitrogens with zero attached hydrogens (tertiary/aromatic N) is 1. The number of rotatable bonds is 22. The van der Waals surface area contributed by atoms with Gasteiger partial charge in [0.2, 0.25) is 5.75 Å². The second-order valence-corrected chi connectivity index (χ2v) is 14.0. The average Bonchev–Trinajstić information content (AvgIpc) is 3.25. The summed E-state index contributed by atoms with van der Waals surface area (Å²) < 4.78 is 38.8. The van der Waals surface area contributed by atoms with E-state index in [1.54, 1.807) is 24.3 Å². The molecule has 0 N–H and O–H groups in total. The maximum absolute atomic E-state index is 13.5. The minimum absolute atomic E-state index is 0.306. The molecule has 0 bridgehead atoms. The first-order valence-electron chi connectivity index (χ1n) is 19.8. The van der Waals surface area contributed by atoms with Crippen LogP contribution in [0.1, 0.15) is 65.7 Å². The third-order valence-corrected chi connectivity index (χ3v) is 10.1. The minimum atomic E-state index is -0.442. The normalized spacial score (nSPS) is 11.2. The van der Waals surface area contributed by atoms with Crippen LogP contribution >= 0.6 is 0 Å². The van der Waals surface area contributed by atoms with Crippen LogP contribution in [-0.2, 0) is 9.47 Å². The van der Waals surface area contributed by atoms with Crippen LogP contribution < -0.4 is 24.6 Å². The van der Waals surface area contributed by atoms with E-state index in [0.29, 0.717) is 65.9 Å². The van der Waals surface area contributed by atoms with Crippen LogP contribution in [0.25, 0.3) is 32.5 Å². The van der Waals surface area contributed by atoms with Gasteiger partial charge in [-0.25, -0.2) is 14.4 Å². The summed E-state index contributed by atoms with van der Waals surface area (Å²) in [5, 5.41) is 4.62. The predicted octanol–water partition coefficient (Wildman–Crippen LogP) is 9.25. The van der Waals surface area contributed by atoms with E-state index in [2.05, 4.69) is 11.0 Å². The van der Waals surface area contributed by atoms with E-state index in [1.807, 2.05) is 60.7 Å². The number of carbonyl (C=O) groups is 2. The highest BCUT2D eigenvalue weighted by Gasteiger charge is 2.19. The number of hydrogen-bond donors (Lipinski definition) is 0. The molecule has 6 rings (SSSR count). The second-order valence-electron chi connectivity index (χ2n) is 14.0. The number of esters is 2. The van der Waals surface area contributed by atoms with Gasteiger partial charge in [-0.15, -0.1) is 0 Å². The van der Waals surface area contributed by atoms with Crippen LogP contribution in [-0.4, -0.2) is 77.6 Å². The molecule has 58 heavy (non-hydrogen) atoms. The molecular weight excluding hydrogens is 739 g/mol. The van der Waals surface area contributed by atoms with E-state index in [4.69, 9.17) is 32.8 Å². The highest BCUT2D eigenvalue weighted by atomic mass is 16.5. The van der Waals surface area contributed by atoms with Crippen molar-refractivity contribution in [2.75, 3.05) is 60.8 Å².